The van der Waals surface area contributed by atoms with Crippen LogP contribution in [0.25, 0.3) is 0 Å². The lowest BCUT2D eigenvalue weighted by Crippen LogP contribution is -2.36. The summed E-state index contributed by atoms with van der Waals surface area (Å²) >= 11 is 0. The molecule has 1 heterocycles. The van der Waals surface area contributed by atoms with Crippen LogP contribution in [0, 0.1) is 0 Å². The Balaban J connectivity index is 1.42. The van der Waals surface area contributed by atoms with E-state index < -0.39 is 5.97 Å². The molecule has 0 saturated heterocycles. The van der Waals surface area contributed by atoms with E-state index in [2.05, 4.69) is 17.4 Å². The zero-order chi connectivity index (χ0) is 19.1. The normalized spacial score (nSPS) is 13.5. The fraction of sp³-hybridized carbons (Fsp3) is 0.333. The molecule has 2 aromatic rings. The third-order valence-corrected chi connectivity index (χ3v) is 4.23. The first-order valence-corrected chi connectivity index (χ1v) is 9.02. The Labute approximate surface area is 158 Å². The molecule has 0 bridgehead atoms. The first-order chi connectivity index (χ1) is 13.1. The standard InChI is InChI=1S/C21H23NO5/c1-15(7-8-16-5-3-2-4-6-16)22-20(23)14-27-21(24)17-9-10-18-19(13-17)26-12-11-25-18/h2-6,9-10,13,15H,7-8,11-12,14H2,1H3,(H,22,23)/t15-/m1/s1. The van der Waals surface area contributed by atoms with Gasteiger partial charge < -0.3 is 19.5 Å². The summed E-state index contributed by atoms with van der Waals surface area (Å²) in [6.45, 7) is 2.54. The molecule has 1 atom stereocenters. The van der Waals surface area contributed by atoms with Crippen molar-refractivity contribution >= 4 is 11.9 Å². The minimum absolute atomic E-state index is 0.00861. The molecule has 142 valence electrons. The van der Waals surface area contributed by atoms with Crippen molar-refractivity contribution in [1.29, 1.82) is 0 Å². The number of hydrogen-bond donors (Lipinski definition) is 1. The van der Waals surface area contributed by atoms with E-state index >= 15 is 0 Å². The van der Waals surface area contributed by atoms with Gasteiger partial charge in [0.05, 0.1) is 5.56 Å². The molecular formula is C21H23NO5. The molecule has 1 N–H and O–H groups in total. The molecule has 1 aliphatic rings. The fourth-order valence-electron chi connectivity index (χ4n) is 2.80. The largest absolute Gasteiger partial charge is 0.486 e. The average Bonchev–Trinajstić information content (AvgIpc) is 2.71. The van der Waals surface area contributed by atoms with Crippen molar-refractivity contribution in [3.05, 3.63) is 59.7 Å². The highest BCUT2D eigenvalue weighted by Crippen LogP contribution is 2.30. The lowest BCUT2D eigenvalue weighted by Gasteiger charge is -2.18. The number of carbonyl (C=O) groups excluding carboxylic acids is 2. The second kappa shape index (κ2) is 9.07. The van der Waals surface area contributed by atoms with Gasteiger partial charge in [0, 0.05) is 6.04 Å². The number of hydrogen-bond acceptors (Lipinski definition) is 5. The van der Waals surface area contributed by atoms with Crippen LogP contribution in [0.1, 0.15) is 29.3 Å². The lowest BCUT2D eigenvalue weighted by atomic mass is 10.1. The Morgan fingerprint density at radius 2 is 1.81 bits per heavy atom. The van der Waals surface area contributed by atoms with Gasteiger partial charge in [-0.1, -0.05) is 30.3 Å². The maximum absolute atomic E-state index is 12.1. The number of nitrogens with one attached hydrogen (secondary N) is 1. The highest BCUT2D eigenvalue weighted by Gasteiger charge is 2.17. The van der Waals surface area contributed by atoms with E-state index in [1.165, 1.54) is 5.56 Å². The molecule has 6 heteroatoms. The van der Waals surface area contributed by atoms with Crippen molar-refractivity contribution in [3.8, 4) is 11.5 Å². The van der Waals surface area contributed by atoms with E-state index in [-0.39, 0.29) is 18.6 Å². The van der Waals surface area contributed by atoms with Gasteiger partial charge in [-0.2, -0.15) is 0 Å². The maximum Gasteiger partial charge on any atom is 0.338 e. The molecule has 2 aromatic carbocycles. The summed E-state index contributed by atoms with van der Waals surface area (Å²) in [5.41, 5.74) is 1.55. The molecule has 0 saturated carbocycles. The molecule has 0 spiro atoms. The topological polar surface area (TPSA) is 73.9 Å². The van der Waals surface area contributed by atoms with E-state index in [4.69, 9.17) is 14.2 Å². The SMILES string of the molecule is C[C@H](CCc1ccccc1)NC(=O)COC(=O)c1ccc2c(c1)OCCO2. The number of ether oxygens (including phenoxy) is 3. The van der Waals surface area contributed by atoms with Gasteiger partial charge in [0.25, 0.3) is 5.91 Å². The first-order valence-electron chi connectivity index (χ1n) is 9.02. The number of rotatable bonds is 7. The Morgan fingerprint density at radius 3 is 2.59 bits per heavy atom. The summed E-state index contributed by atoms with van der Waals surface area (Å²) < 4.78 is 16.0. The highest BCUT2D eigenvalue weighted by atomic mass is 16.6. The van der Waals surface area contributed by atoms with Crippen LogP contribution in [0.15, 0.2) is 48.5 Å². The number of aryl methyl sites for hydroxylation is 1. The van der Waals surface area contributed by atoms with Crippen LogP contribution in [0.3, 0.4) is 0 Å². The van der Waals surface area contributed by atoms with Crippen LogP contribution in [0.4, 0.5) is 0 Å². The minimum atomic E-state index is -0.570. The summed E-state index contributed by atoms with van der Waals surface area (Å²) in [7, 11) is 0. The second-order valence-electron chi connectivity index (χ2n) is 6.43. The summed E-state index contributed by atoms with van der Waals surface area (Å²) in [5.74, 6) is 0.220. The predicted octanol–water partition coefficient (Wildman–Crippen LogP) is 2.75. The number of amides is 1. The van der Waals surface area contributed by atoms with Crippen LogP contribution >= 0.6 is 0 Å². The monoisotopic (exact) mass is 369 g/mol. The fourth-order valence-corrected chi connectivity index (χ4v) is 2.80. The maximum atomic E-state index is 12.1. The molecule has 0 unspecified atom stereocenters. The Hall–Kier alpha value is -3.02. The van der Waals surface area contributed by atoms with Crippen LogP contribution in [0.5, 0.6) is 11.5 Å². The zero-order valence-electron chi connectivity index (χ0n) is 15.3. The van der Waals surface area contributed by atoms with Gasteiger partial charge in [-0.3, -0.25) is 4.79 Å². The smallest absolute Gasteiger partial charge is 0.338 e. The van der Waals surface area contributed by atoms with Gasteiger partial charge in [-0.25, -0.2) is 4.79 Å². The Kier molecular flexibility index (Phi) is 6.30. The number of fused-ring (bicyclic) bond motifs is 1. The molecule has 0 radical (unpaired) electrons. The molecule has 1 aliphatic heterocycles. The van der Waals surface area contributed by atoms with Gasteiger partial charge in [-0.15, -0.1) is 0 Å². The summed E-state index contributed by atoms with van der Waals surface area (Å²) in [4.78, 5) is 24.1. The molecular weight excluding hydrogens is 346 g/mol. The molecule has 0 aliphatic carbocycles. The van der Waals surface area contributed by atoms with Crippen molar-refractivity contribution in [2.45, 2.75) is 25.8 Å². The van der Waals surface area contributed by atoms with E-state index in [0.29, 0.717) is 30.3 Å². The van der Waals surface area contributed by atoms with Crippen LogP contribution in [-0.2, 0) is 16.0 Å². The minimum Gasteiger partial charge on any atom is -0.486 e. The highest BCUT2D eigenvalue weighted by molar-refractivity contribution is 5.92. The predicted molar refractivity (Wildman–Crippen MR) is 100 cm³/mol. The van der Waals surface area contributed by atoms with E-state index in [1.807, 2.05) is 25.1 Å². The van der Waals surface area contributed by atoms with E-state index in [1.54, 1.807) is 18.2 Å². The lowest BCUT2D eigenvalue weighted by molar-refractivity contribution is -0.124. The molecule has 27 heavy (non-hydrogen) atoms. The third-order valence-electron chi connectivity index (χ3n) is 4.23. The van der Waals surface area contributed by atoms with Gasteiger partial charge in [0.1, 0.15) is 13.2 Å². The second-order valence-corrected chi connectivity index (χ2v) is 6.43. The van der Waals surface area contributed by atoms with Crippen molar-refractivity contribution in [2.24, 2.45) is 0 Å². The zero-order valence-corrected chi connectivity index (χ0v) is 15.3. The quantitative estimate of drug-likeness (QED) is 0.760. The molecule has 0 aromatic heterocycles. The number of carbonyl (C=O) groups is 2. The van der Waals surface area contributed by atoms with Gasteiger partial charge in [-0.05, 0) is 43.5 Å². The van der Waals surface area contributed by atoms with Crippen LogP contribution < -0.4 is 14.8 Å². The Bertz CT molecular complexity index is 790. The summed E-state index contributed by atoms with van der Waals surface area (Å²) in [6.07, 6.45) is 1.69. The molecule has 0 fully saturated rings. The van der Waals surface area contributed by atoms with Crippen molar-refractivity contribution in [3.63, 3.8) is 0 Å². The number of esters is 1. The first kappa shape index (κ1) is 18.8. The van der Waals surface area contributed by atoms with Crippen molar-refractivity contribution in [2.75, 3.05) is 19.8 Å². The summed E-state index contributed by atoms with van der Waals surface area (Å²) in [6, 6.07) is 14.9. The van der Waals surface area contributed by atoms with Gasteiger partial charge >= 0.3 is 5.97 Å². The number of benzene rings is 2. The van der Waals surface area contributed by atoms with Crippen molar-refractivity contribution < 1.29 is 23.8 Å². The molecule has 6 nitrogen and oxygen atoms in total. The van der Waals surface area contributed by atoms with E-state index in [0.717, 1.165) is 12.8 Å². The van der Waals surface area contributed by atoms with Crippen molar-refractivity contribution in [1.82, 2.24) is 5.32 Å². The average molecular weight is 369 g/mol. The van der Waals surface area contributed by atoms with Gasteiger partial charge in [0.2, 0.25) is 0 Å². The van der Waals surface area contributed by atoms with E-state index in [9.17, 15) is 9.59 Å². The third kappa shape index (κ3) is 5.48. The molecule has 3 rings (SSSR count). The van der Waals surface area contributed by atoms with Gasteiger partial charge in [0.15, 0.2) is 18.1 Å². The van der Waals surface area contributed by atoms with Crippen LogP contribution in [0.2, 0.25) is 0 Å². The summed E-state index contributed by atoms with van der Waals surface area (Å²) in [5, 5.41) is 2.85. The Morgan fingerprint density at radius 1 is 1.07 bits per heavy atom. The molecule has 1 amide bonds. The van der Waals surface area contributed by atoms with Crippen LogP contribution in [-0.4, -0.2) is 37.7 Å².